The van der Waals surface area contributed by atoms with Crippen LogP contribution in [0.5, 0.6) is 0 Å². The number of likely N-dealkylation sites (tertiary alicyclic amines) is 1. The minimum Gasteiger partial charge on any atom is -0.337 e. The second kappa shape index (κ2) is 7.29. The number of carbonyl (C=O) groups is 1. The minimum absolute atomic E-state index is 0.00214. The van der Waals surface area contributed by atoms with Gasteiger partial charge in [-0.25, -0.2) is 15.0 Å². The molecule has 3 aromatic rings. The first kappa shape index (κ1) is 16.8. The maximum absolute atomic E-state index is 12.5. The molecule has 0 saturated carbocycles. The van der Waals surface area contributed by atoms with Gasteiger partial charge in [-0.2, -0.15) is 0 Å². The fraction of sp³-hybridized carbons (Fsp3) is 0.316. The van der Waals surface area contributed by atoms with Crippen molar-refractivity contribution in [3.05, 3.63) is 59.3 Å². The molecule has 4 rings (SSSR count). The Kier molecular flexibility index (Phi) is 4.71. The predicted octanol–water partition coefficient (Wildman–Crippen LogP) is 3.32. The fourth-order valence-electron chi connectivity index (χ4n) is 3.23. The van der Waals surface area contributed by atoms with Crippen LogP contribution in [0.25, 0.3) is 10.7 Å². The van der Waals surface area contributed by atoms with Crippen molar-refractivity contribution in [3.63, 3.8) is 0 Å². The Morgan fingerprint density at radius 2 is 2.00 bits per heavy atom. The van der Waals surface area contributed by atoms with Gasteiger partial charge in [0.15, 0.2) is 0 Å². The standard InChI is InChI=1S/C19H19N5OS/c1-13-12-16(18-21-8-11-26-18)23-17(22-13)14-5-9-24(10-6-14)19(25)15-4-2-3-7-20-15/h2-4,7-8,11-12,14H,5-6,9-10H2,1H3. The maximum atomic E-state index is 12.5. The third kappa shape index (κ3) is 3.48. The number of pyridine rings is 1. The van der Waals surface area contributed by atoms with Crippen molar-refractivity contribution in [2.24, 2.45) is 0 Å². The van der Waals surface area contributed by atoms with Gasteiger partial charge in [-0.05, 0) is 38.0 Å². The number of amides is 1. The zero-order valence-electron chi connectivity index (χ0n) is 14.5. The van der Waals surface area contributed by atoms with Crippen LogP contribution >= 0.6 is 11.3 Å². The molecule has 1 aliphatic heterocycles. The molecule has 1 aliphatic rings. The number of piperidine rings is 1. The van der Waals surface area contributed by atoms with Crippen molar-refractivity contribution in [2.75, 3.05) is 13.1 Å². The summed E-state index contributed by atoms with van der Waals surface area (Å²) in [5.41, 5.74) is 2.34. The highest BCUT2D eigenvalue weighted by atomic mass is 32.1. The Balaban J connectivity index is 1.47. The molecule has 0 aromatic carbocycles. The number of aryl methyl sites for hydroxylation is 1. The molecular formula is C19H19N5OS. The quantitative estimate of drug-likeness (QED) is 0.712. The van der Waals surface area contributed by atoms with Crippen molar-refractivity contribution >= 4 is 17.2 Å². The van der Waals surface area contributed by atoms with E-state index < -0.39 is 0 Å². The summed E-state index contributed by atoms with van der Waals surface area (Å²) in [6.45, 7) is 3.38. The molecule has 1 saturated heterocycles. The third-order valence-electron chi connectivity index (χ3n) is 4.55. The Morgan fingerprint density at radius 1 is 1.15 bits per heavy atom. The van der Waals surface area contributed by atoms with Gasteiger partial charge in [-0.1, -0.05) is 6.07 Å². The molecule has 26 heavy (non-hydrogen) atoms. The van der Waals surface area contributed by atoms with Crippen LogP contribution in [0, 0.1) is 6.92 Å². The molecule has 0 unspecified atom stereocenters. The van der Waals surface area contributed by atoms with Gasteiger partial charge in [0, 0.05) is 42.5 Å². The van der Waals surface area contributed by atoms with Gasteiger partial charge in [0.2, 0.25) is 0 Å². The van der Waals surface area contributed by atoms with E-state index in [0.717, 1.165) is 35.1 Å². The van der Waals surface area contributed by atoms with Crippen LogP contribution in [0.2, 0.25) is 0 Å². The minimum atomic E-state index is -0.00214. The molecule has 3 aromatic heterocycles. The molecule has 1 fully saturated rings. The Labute approximate surface area is 156 Å². The van der Waals surface area contributed by atoms with Gasteiger partial charge in [-0.3, -0.25) is 9.78 Å². The molecule has 7 heteroatoms. The lowest BCUT2D eigenvalue weighted by molar-refractivity contribution is 0.0705. The highest BCUT2D eigenvalue weighted by Crippen LogP contribution is 2.29. The SMILES string of the molecule is Cc1cc(-c2nccs2)nc(C2CCN(C(=O)c3ccccn3)CC2)n1. The van der Waals surface area contributed by atoms with Crippen LogP contribution in [0.1, 0.15) is 40.8 Å². The zero-order chi connectivity index (χ0) is 17.9. The first-order chi connectivity index (χ1) is 12.7. The van der Waals surface area contributed by atoms with Crippen molar-refractivity contribution in [2.45, 2.75) is 25.7 Å². The summed E-state index contributed by atoms with van der Waals surface area (Å²) in [5, 5.41) is 2.87. The van der Waals surface area contributed by atoms with Crippen molar-refractivity contribution in [1.82, 2.24) is 24.8 Å². The maximum Gasteiger partial charge on any atom is 0.272 e. The third-order valence-corrected chi connectivity index (χ3v) is 5.35. The van der Waals surface area contributed by atoms with E-state index >= 15 is 0 Å². The number of hydrogen-bond donors (Lipinski definition) is 0. The van der Waals surface area contributed by atoms with Gasteiger partial charge in [-0.15, -0.1) is 11.3 Å². The number of thiazole rings is 1. The summed E-state index contributed by atoms with van der Waals surface area (Å²) in [4.78, 5) is 32.3. The van der Waals surface area contributed by atoms with Crippen molar-refractivity contribution in [1.29, 1.82) is 0 Å². The molecule has 6 nitrogen and oxygen atoms in total. The molecule has 0 atom stereocenters. The second-order valence-electron chi connectivity index (χ2n) is 6.37. The topological polar surface area (TPSA) is 71.9 Å². The lowest BCUT2D eigenvalue weighted by atomic mass is 9.95. The molecule has 0 aliphatic carbocycles. The van der Waals surface area contributed by atoms with Gasteiger partial charge in [0.1, 0.15) is 22.2 Å². The van der Waals surface area contributed by atoms with Crippen molar-refractivity contribution in [3.8, 4) is 10.7 Å². The number of carbonyl (C=O) groups excluding carboxylic acids is 1. The van der Waals surface area contributed by atoms with Crippen LogP contribution in [0.15, 0.2) is 42.0 Å². The van der Waals surface area contributed by atoms with Crippen LogP contribution in [0.3, 0.4) is 0 Å². The lowest BCUT2D eigenvalue weighted by Crippen LogP contribution is -2.38. The van der Waals surface area contributed by atoms with Gasteiger partial charge < -0.3 is 4.90 Å². The van der Waals surface area contributed by atoms with Crippen molar-refractivity contribution < 1.29 is 4.79 Å². The molecule has 0 radical (unpaired) electrons. The Morgan fingerprint density at radius 3 is 2.69 bits per heavy atom. The molecular weight excluding hydrogens is 346 g/mol. The zero-order valence-corrected chi connectivity index (χ0v) is 15.3. The predicted molar refractivity (Wildman–Crippen MR) is 100.0 cm³/mol. The van der Waals surface area contributed by atoms with E-state index in [1.165, 1.54) is 0 Å². The summed E-state index contributed by atoms with van der Waals surface area (Å²) in [5.74, 6) is 1.12. The first-order valence-electron chi connectivity index (χ1n) is 8.66. The van der Waals surface area contributed by atoms with E-state index in [4.69, 9.17) is 4.98 Å². The normalized spacial score (nSPS) is 15.2. The van der Waals surface area contributed by atoms with E-state index in [9.17, 15) is 4.79 Å². The lowest BCUT2D eigenvalue weighted by Gasteiger charge is -2.31. The van der Waals surface area contributed by atoms with E-state index in [0.29, 0.717) is 18.8 Å². The number of hydrogen-bond acceptors (Lipinski definition) is 6. The Bertz CT molecular complexity index is 890. The summed E-state index contributed by atoms with van der Waals surface area (Å²) >= 11 is 1.58. The van der Waals surface area contributed by atoms with Crippen LogP contribution in [-0.4, -0.2) is 43.8 Å². The highest BCUT2D eigenvalue weighted by molar-refractivity contribution is 7.13. The average Bonchev–Trinajstić information content (AvgIpc) is 3.23. The molecule has 132 valence electrons. The summed E-state index contributed by atoms with van der Waals surface area (Å²) in [7, 11) is 0. The summed E-state index contributed by atoms with van der Waals surface area (Å²) in [6.07, 6.45) is 5.16. The smallest absolute Gasteiger partial charge is 0.272 e. The van der Waals surface area contributed by atoms with Gasteiger partial charge >= 0.3 is 0 Å². The highest BCUT2D eigenvalue weighted by Gasteiger charge is 2.27. The Hall–Kier alpha value is -2.67. The molecule has 4 heterocycles. The number of aromatic nitrogens is 4. The largest absolute Gasteiger partial charge is 0.337 e. The van der Waals surface area contributed by atoms with Crippen LogP contribution in [-0.2, 0) is 0 Å². The second-order valence-corrected chi connectivity index (χ2v) is 7.27. The molecule has 0 bridgehead atoms. The fourth-order valence-corrected chi connectivity index (χ4v) is 3.82. The molecule has 0 spiro atoms. The van der Waals surface area contributed by atoms with Gasteiger partial charge in [0.05, 0.1) is 0 Å². The van der Waals surface area contributed by atoms with Crippen LogP contribution < -0.4 is 0 Å². The first-order valence-corrected chi connectivity index (χ1v) is 9.54. The summed E-state index contributed by atoms with van der Waals surface area (Å²) < 4.78 is 0. The van der Waals surface area contributed by atoms with E-state index in [1.54, 1.807) is 29.8 Å². The summed E-state index contributed by atoms with van der Waals surface area (Å²) in [6, 6.07) is 7.40. The average molecular weight is 365 g/mol. The van der Waals surface area contributed by atoms with Gasteiger partial charge in [0.25, 0.3) is 5.91 Å². The number of rotatable bonds is 3. The van der Waals surface area contributed by atoms with E-state index in [-0.39, 0.29) is 11.8 Å². The van der Waals surface area contributed by atoms with Crippen LogP contribution in [0.4, 0.5) is 0 Å². The molecule has 0 N–H and O–H groups in total. The molecule has 1 amide bonds. The van der Waals surface area contributed by atoms with E-state index in [1.807, 2.05) is 35.4 Å². The monoisotopic (exact) mass is 365 g/mol. The number of nitrogens with zero attached hydrogens (tertiary/aromatic N) is 5. The van der Waals surface area contributed by atoms with E-state index in [2.05, 4.69) is 15.0 Å².